The molecule has 0 radical (unpaired) electrons. The van der Waals surface area contributed by atoms with Crippen molar-refractivity contribution >= 4 is 61.1 Å². The number of aromatic nitrogens is 2. The summed E-state index contributed by atoms with van der Waals surface area (Å²) in [6, 6.07) is 59.1. The quantitative estimate of drug-likeness (QED) is 0.192. The van der Waals surface area contributed by atoms with Gasteiger partial charge in [-0.15, -0.1) is 17.4 Å². The van der Waals surface area contributed by atoms with E-state index >= 15 is 0 Å². The molecule has 1 unspecified atom stereocenters. The lowest BCUT2D eigenvalue weighted by Gasteiger charge is -2.23. The second-order valence-electron chi connectivity index (χ2n) is 12.1. The number of nitrogens with zero attached hydrogens (tertiary/aromatic N) is 3. The van der Waals surface area contributed by atoms with Crippen LogP contribution in [0.4, 0.5) is 5.69 Å². The second-order valence-corrected chi connectivity index (χ2v) is 13.3. The van der Waals surface area contributed by atoms with Gasteiger partial charge in [-0.25, -0.2) is 0 Å². The van der Waals surface area contributed by atoms with Gasteiger partial charge in [0.05, 0.1) is 22.1 Å². The maximum absolute atomic E-state index is 4.98. The third-order valence-electron chi connectivity index (χ3n) is 9.48. The van der Waals surface area contributed by atoms with E-state index in [1.807, 2.05) is 11.8 Å². The van der Waals surface area contributed by atoms with Gasteiger partial charge in [0.15, 0.2) is 0 Å². The summed E-state index contributed by atoms with van der Waals surface area (Å²) in [5, 5.41) is 10.2. The van der Waals surface area contributed by atoms with E-state index in [4.69, 9.17) is 5.32 Å². The second kappa shape index (κ2) is 10.4. The predicted octanol–water partition coefficient (Wildman–Crippen LogP) is 12.4. The van der Waals surface area contributed by atoms with Gasteiger partial charge in [0.25, 0.3) is 0 Å². The predicted molar refractivity (Wildman–Crippen MR) is 199 cm³/mol. The number of rotatable bonds is 4. The van der Waals surface area contributed by atoms with Crippen LogP contribution in [0.15, 0.2) is 169 Å². The van der Waals surface area contributed by atoms with E-state index in [9.17, 15) is 0 Å². The van der Waals surface area contributed by atoms with Crippen LogP contribution in [-0.2, 0) is 0 Å². The van der Waals surface area contributed by atoms with Gasteiger partial charge in [0, 0.05) is 32.9 Å². The fourth-order valence-corrected chi connectivity index (χ4v) is 8.52. The van der Waals surface area contributed by atoms with Crippen molar-refractivity contribution in [3.8, 4) is 22.5 Å². The fraction of sp³-hybridized carbons (Fsp3) is 0.0233. The SMILES string of the molecule is c1ccc(C2[N-]c3ccc(-c4ccc(-n5c6ccccc6c6c7c8ccccc8n(-c8ccccc8)c7ccc65)cc4)cc3S2)cc1. The maximum atomic E-state index is 4.98. The summed E-state index contributed by atoms with van der Waals surface area (Å²) in [6.07, 6.45) is 0. The van der Waals surface area contributed by atoms with Gasteiger partial charge in [0.2, 0.25) is 0 Å². The minimum Gasteiger partial charge on any atom is -0.668 e. The molecule has 47 heavy (non-hydrogen) atoms. The first kappa shape index (κ1) is 26.5. The molecule has 3 heterocycles. The van der Waals surface area contributed by atoms with Crippen molar-refractivity contribution in [2.75, 3.05) is 0 Å². The number of fused-ring (bicyclic) bond motifs is 8. The van der Waals surface area contributed by atoms with Gasteiger partial charge in [-0.2, -0.15) is 0 Å². The molecular weight excluding hydrogens is 591 g/mol. The third kappa shape index (κ3) is 4.08. The summed E-state index contributed by atoms with van der Waals surface area (Å²) in [5.41, 5.74) is 11.9. The Bertz CT molecular complexity index is 2620. The van der Waals surface area contributed by atoms with Crippen LogP contribution < -0.4 is 0 Å². The topological polar surface area (TPSA) is 24.0 Å². The van der Waals surface area contributed by atoms with Crippen LogP contribution in [-0.4, -0.2) is 9.13 Å². The van der Waals surface area contributed by atoms with Crippen molar-refractivity contribution in [2.45, 2.75) is 10.3 Å². The molecule has 10 rings (SSSR count). The van der Waals surface area contributed by atoms with E-state index in [-0.39, 0.29) is 5.37 Å². The first-order valence-electron chi connectivity index (χ1n) is 16.0. The highest BCUT2D eigenvalue weighted by Crippen LogP contribution is 2.55. The molecule has 0 saturated carbocycles. The Kier molecular flexibility index (Phi) is 5.87. The molecule has 7 aromatic carbocycles. The van der Waals surface area contributed by atoms with E-state index < -0.39 is 0 Å². The molecule has 0 spiro atoms. The highest BCUT2D eigenvalue weighted by molar-refractivity contribution is 8.00. The van der Waals surface area contributed by atoms with Crippen LogP contribution in [0, 0.1) is 0 Å². The van der Waals surface area contributed by atoms with Crippen LogP contribution in [0.5, 0.6) is 0 Å². The normalized spacial score (nSPS) is 14.3. The zero-order chi connectivity index (χ0) is 30.9. The van der Waals surface area contributed by atoms with E-state index in [1.54, 1.807) is 0 Å². The molecule has 0 saturated heterocycles. The third-order valence-corrected chi connectivity index (χ3v) is 10.7. The number of benzene rings is 7. The molecule has 0 amide bonds. The Labute approximate surface area is 276 Å². The van der Waals surface area contributed by atoms with Crippen LogP contribution in [0.2, 0.25) is 0 Å². The number of thioether (sulfide) groups is 1. The largest absolute Gasteiger partial charge is 0.668 e. The maximum Gasteiger partial charge on any atom is 0.0548 e. The molecule has 1 atom stereocenters. The molecule has 0 fully saturated rings. The van der Waals surface area contributed by atoms with Crippen molar-refractivity contribution in [2.24, 2.45) is 0 Å². The summed E-state index contributed by atoms with van der Waals surface area (Å²) in [5.74, 6) is 0. The minimum atomic E-state index is 0.118. The smallest absolute Gasteiger partial charge is 0.0548 e. The van der Waals surface area contributed by atoms with Gasteiger partial charge in [-0.3, -0.25) is 0 Å². The van der Waals surface area contributed by atoms with Crippen molar-refractivity contribution < 1.29 is 0 Å². The number of hydrogen-bond acceptors (Lipinski definition) is 1. The molecule has 222 valence electrons. The lowest BCUT2D eigenvalue weighted by Crippen LogP contribution is -1.94. The Morgan fingerprint density at radius 3 is 1.62 bits per heavy atom. The number of hydrogen-bond donors (Lipinski definition) is 0. The Hall–Kier alpha value is -5.71. The zero-order valence-electron chi connectivity index (χ0n) is 25.4. The van der Waals surface area contributed by atoms with E-state index in [2.05, 4.69) is 173 Å². The van der Waals surface area contributed by atoms with Gasteiger partial charge in [-0.1, -0.05) is 115 Å². The molecule has 0 bridgehead atoms. The molecule has 0 aliphatic carbocycles. The average Bonchev–Trinajstić information content (AvgIpc) is 3.82. The lowest BCUT2D eigenvalue weighted by atomic mass is 10.0. The lowest BCUT2D eigenvalue weighted by molar-refractivity contribution is 1.17. The molecule has 3 nitrogen and oxygen atoms in total. The van der Waals surface area contributed by atoms with Crippen LogP contribution in [0.1, 0.15) is 10.9 Å². The Morgan fingerprint density at radius 1 is 0.447 bits per heavy atom. The van der Waals surface area contributed by atoms with Gasteiger partial charge >= 0.3 is 0 Å². The first-order valence-corrected chi connectivity index (χ1v) is 16.9. The molecule has 4 heteroatoms. The fourth-order valence-electron chi connectivity index (χ4n) is 7.38. The molecule has 2 aromatic heterocycles. The van der Waals surface area contributed by atoms with Gasteiger partial charge in [-0.05, 0) is 76.0 Å². The molecule has 9 aromatic rings. The van der Waals surface area contributed by atoms with Crippen molar-refractivity contribution in [1.29, 1.82) is 0 Å². The monoisotopic (exact) mass is 618 g/mol. The minimum absolute atomic E-state index is 0.118. The summed E-state index contributed by atoms with van der Waals surface area (Å²) in [4.78, 5) is 1.24. The molecule has 1 aliphatic rings. The van der Waals surface area contributed by atoms with Crippen LogP contribution >= 0.6 is 11.8 Å². The summed E-state index contributed by atoms with van der Waals surface area (Å²) < 4.78 is 4.82. The van der Waals surface area contributed by atoms with E-state index in [1.165, 1.54) is 70.9 Å². The summed E-state index contributed by atoms with van der Waals surface area (Å²) in [6.45, 7) is 0. The highest BCUT2D eigenvalue weighted by atomic mass is 32.2. The van der Waals surface area contributed by atoms with Crippen molar-refractivity contribution in [3.05, 3.63) is 175 Å². The van der Waals surface area contributed by atoms with Crippen LogP contribution in [0.3, 0.4) is 0 Å². The molecular formula is C43H28N3S-. The summed E-state index contributed by atoms with van der Waals surface area (Å²) in [7, 11) is 0. The van der Waals surface area contributed by atoms with Crippen LogP contribution in [0.25, 0.3) is 71.4 Å². The number of para-hydroxylation sites is 3. The van der Waals surface area contributed by atoms with Gasteiger partial charge < -0.3 is 14.5 Å². The molecule has 1 aliphatic heterocycles. The zero-order valence-corrected chi connectivity index (χ0v) is 26.2. The van der Waals surface area contributed by atoms with Gasteiger partial charge in [0.1, 0.15) is 0 Å². The van der Waals surface area contributed by atoms with E-state index in [0.29, 0.717) is 0 Å². The highest BCUT2D eigenvalue weighted by Gasteiger charge is 2.20. The Morgan fingerprint density at radius 2 is 0.979 bits per heavy atom. The first-order chi connectivity index (χ1) is 23.3. The van der Waals surface area contributed by atoms with Crippen molar-refractivity contribution in [3.63, 3.8) is 0 Å². The summed E-state index contributed by atoms with van der Waals surface area (Å²) >= 11 is 1.83. The Balaban J connectivity index is 1.10. The average molecular weight is 619 g/mol. The van der Waals surface area contributed by atoms with Crippen molar-refractivity contribution in [1.82, 2.24) is 9.13 Å². The van der Waals surface area contributed by atoms with E-state index in [0.717, 1.165) is 11.4 Å². The molecule has 0 N–H and O–H groups in total. The standard InChI is InChI=1S/C43H28N3S/c1-3-11-29(12-4-1)43-44-35-24-21-30(27-40(35)47-43)28-19-22-32(23-20-28)46-37-18-10-8-16-34(37)42-39(46)26-25-38-41(42)33-15-7-9-17-36(33)45(38)31-13-5-2-6-14-31/h1-27,43H/q-1.